The van der Waals surface area contributed by atoms with Crippen molar-refractivity contribution in [3.63, 3.8) is 0 Å². The molecule has 1 aliphatic heterocycles. The maximum absolute atomic E-state index is 13.9. The molecular formula is C28H38F3NO5S. The Balaban J connectivity index is 1.68. The number of carbonyl (C=O) groups excluding carboxylic acids is 1. The van der Waals surface area contributed by atoms with E-state index in [9.17, 15) is 18.0 Å². The minimum atomic E-state index is -4.57. The lowest BCUT2D eigenvalue weighted by molar-refractivity contribution is -0.271. The second kappa shape index (κ2) is 11.8. The molecule has 2 aromatic rings. The molecule has 10 heteroatoms. The molecule has 0 aliphatic carbocycles. The van der Waals surface area contributed by atoms with Crippen LogP contribution in [0.5, 0.6) is 5.75 Å². The van der Waals surface area contributed by atoms with Crippen LogP contribution in [-0.4, -0.2) is 42.8 Å². The Morgan fingerprint density at radius 2 is 1.79 bits per heavy atom. The van der Waals surface area contributed by atoms with E-state index in [1.807, 2.05) is 6.92 Å². The Kier molecular flexibility index (Phi) is 9.42. The summed E-state index contributed by atoms with van der Waals surface area (Å²) in [5.41, 5.74) is -0.826. The molecule has 38 heavy (non-hydrogen) atoms. The van der Waals surface area contributed by atoms with Gasteiger partial charge in [0.2, 0.25) is 0 Å². The van der Waals surface area contributed by atoms with Gasteiger partial charge in [-0.2, -0.15) is 13.2 Å². The van der Waals surface area contributed by atoms with Crippen LogP contribution in [0.3, 0.4) is 0 Å². The van der Waals surface area contributed by atoms with E-state index in [1.165, 1.54) is 16.5 Å². The van der Waals surface area contributed by atoms with Crippen LogP contribution in [-0.2, 0) is 33.2 Å². The molecule has 1 saturated heterocycles. The number of aryl methyl sites for hydroxylation is 3. The number of halogens is 3. The predicted molar refractivity (Wildman–Crippen MR) is 141 cm³/mol. The highest BCUT2D eigenvalue weighted by Crippen LogP contribution is 2.38. The van der Waals surface area contributed by atoms with Gasteiger partial charge in [-0.15, -0.1) is 11.3 Å². The molecule has 1 aromatic heterocycles. The number of hydrogen-bond acceptors (Lipinski definition) is 6. The standard InChI is InChI=1S/C28H38F3NO5S/c1-19-14-21(38-16-19)8-7-13-34-23-10-9-20(15-22(23)28(29,30)31)11-12-27(17-35-26(5,6)36-18-27)32-24(33)37-25(2,3)4/h9-10,14-16H,7-8,11-13,17-18H2,1-6H3,(H,32,33). The summed E-state index contributed by atoms with van der Waals surface area (Å²) in [6, 6.07) is 6.20. The molecule has 212 valence electrons. The van der Waals surface area contributed by atoms with Crippen LogP contribution in [0.4, 0.5) is 18.0 Å². The number of carbonyl (C=O) groups is 1. The third-order valence-electron chi connectivity index (χ3n) is 6.01. The largest absolute Gasteiger partial charge is 0.493 e. The molecule has 0 radical (unpaired) electrons. The molecule has 2 heterocycles. The van der Waals surface area contributed by atoms with Gasteiger partial charge in [0.05, 0.1) is 30.9 Å². The Labute approximate surface area is 226 Å². The lowest BCUT2D eigenvalue weighted by atomic mass is 9.91. The Morgan fingerprint density at radius 3 is 2.37 bits per heavy atom. The molecular weight excluding hydrogens is 519 g/mol. The fraction of sp³-hybridized carbons (Fsp3) is 0.607. The van der Waals surface area contributed by atoms with Crippen LogP contribution in [0, 0.1) is 6.92 Å². The van der Waals surface area contributed by atoms with Gasteiger partial charge in [0, 0.05) is 4.88 Å². The summed E-state index contributed by atoms with van der Waals surface area (Å²) in [7, 11) is 0. The van der Waals surface area contributed by atoms with Gasteiger partial charge in [-0.05, 0) is 102 Å². The molecule has 1 fully saturated rings. The second-order valence-corrected chi connectivity index (χ2v) is 12.3. The molecule has 0 saturated carbocycles. The van der Waals surface area contributed by atoms with Crippen molar-refractivity contribution in [1.29, 1.82) is 0 Å². The highest BCUT2D eigenvalue weighted by Gasteiger charge is 2.42. The fourth-order valence-electron chi connectivity index (χ4n) is 4.02. The minimum Gasteiger partial charge on any atom is -0.493 e. The first kappa shape index (κ1) is 30.2. The van der Waals surface area contributed by atoms with Crippen molar-refractivity contribution >= 4 is 17.4 Å². The van der Waals surface area contributed by atoms with Crippen molar-refractivity contribution in [2.24, 2.45) is 0 Å². The van der Waals surface area contributed by atoms with Crippen LogP contribution < -0.4 is 10.1 Å². The number of thiophene rings is 1. The Bertz CT molecular complexity index is 1080. The van der Waals surface area contributed by atoms with E-state index < -0.39 is 34.8 Å². The molecule has 1 amide bonds. The number of nitrogens with one attached hydrogen (secondary N) is 1. The van der Waals surface area contributed by atoms with Gasteiger partial charge in [-0.25, -0.2) is 4.79 Å². The number of rotatable bonds is 9. The van der Waals surface area contributed by atoms with Gasteiger partial charge in [0.1, 0.15) is 11.4 Å². The third-order valence-corrected chi connectivity index (χ3v) is 7.12. The first-order chi connectivity index (χ1) is 17.6. The van der Waals surface area contributed by atoms with E-state index in [1.54, 1.807) is 52.0 Å². The molecule has 0 bridgehead atoms. The minimum absolute atomic E-state index is 0.135. The maximum atomic E-state index is 13.9. The van der Waals surface area contributed by atoms with Crippen molar-refractivity contribution in [3.05, 3.63) is 51.2 Å². The average Bonchev–Trinajstić information content (AvgIpc) is 3.21. The first-order valence-corrected chi connectivity index (χ1v) is 13.6. The van der Waals surface area contributed by atoms with Crippen LogP contribution in [0.25, 0.3) is 0 Å². The monoisotopic (exact) mass is 557 g/mol. The molecule has 6 nitrogen and oxygen atoms in total. The highest BCUT2D eigenvalue weighted by molar-refractivity contribution is 7.10. The van der Waals surface area contributed by atoms with Gasteiger partial charge >= 0.3 is 12.3 Å². The van der Waals surface area contributed by atoms with Crippen molar-refractivity contribution < 1.29 is 36.9 Å². The van der Waals surface area contributed by atoms with E-state index >= 15 is 0 Å². The third kappa shape index (κ3) is 9.17. The van der Waals surface area contributed by atoms with E-state index in [0.717, 1.165) is 12.5 Å². The summed E-state index contributed by atoms with van der Waals surface area (Å²) >= 11 is 1.64. The zero-order chi connectivity index (χ0) is 28.2. The van der Waals surface area contributed by atoms with Crippen LogP contribution in [0.15, 0.2) is 29.6 Å². The molecule has 0 spiro atoms. The van der Waals surface area contributed by atoms with E-state index in [4.69, 9.17) is 18.9 Å². The summed E-state index contributed by atoms with van der Waals surface area (Å²) in [5.74, 6) is -1.01. The number of alkyl carbamates (subject to hydrolysis) is 1. The average molecular weight is 558 g/mol. The number of hydrogen-bond donors (Lipinski definition) is 1. The van der Waals surface area contributed by atoms with Gasteiger partial charge in [0.15, 0.2) is 5.79 Å². The lowest BCUT2D eigenvalue weighted by Crippen LogP contribution is -2.61. The lowest BCUT2D eigenvalue weighted by Gasteiger charge is -2.44. The fourth-order valence-corrected chi connectivity index (χ4v) is 4.94. The van der Waals surface area contributed by atoms with Crippen LogP contribution in [0.2, 0.25) is 0 Å². The molecule has 0 atom stereocenters. The van der Waals surface area contributed by atoms with Gasteiger partial charge in [-0.1, -0.05) is 6.07 Å². The summed E-state index contributed by atoms with van der Waals surface area (Å²) in [6.07, 6.45) is -3.28. The van der Waals surface area contributed by atoms with Crippen molar-refractivity contribution in [1.82, 2.24) is 5.32 Å². The normalized spacial score (nSPS) is 17.2. The molecule has 0 unspecified atom stereocenters. The molecule has 3 rings (SSSR count). The zero-order valence-corrected chi connectivity index (χ0v) is 23.7. The van der Waals surface area contributed by atoms with E-state index in [2.05, 4.69) is 16.8 Å². The van der Waals surface area contributed by atoms with Gasteiger partial charge in [-0.3, -0.25) is 0 Å². The van der Waals surface area contributed by atoms with Crippen LogP contribution in [0.1, 0.15) is 69.0 Å². The quantitative estimate of drug-likeness (QED) is 0.334. The Hall–Kier alpha value is -2.30. The summed E-state index contributed by atoms with van der Waals surface area (Å²) in [5, 5.41) is 4.90. The predicted octanol–water partition coefficient (Wildman–Crippen LogP) is 7.07. The first-order valence-electron chi connectivity index (χ1n) is 12.7. The molecule has 1 aromatic carbocycles. The van der Waals surface area contributed by atoms with Gasteiger partial charge < -0.3 is 24.3 Å². The number of amides is 1. The smallest absolute Gasteiger partial charge is 0.419 e. The maximum Gasteiger partial charge on any atom is 0.419 e. The van der Waals surface area contributed by atoms with Gasteiger partial charge in [0.25, 0.3) is 0 Å². The second-order valence-electron chi connectivity index (χ2n) is 11.3. The van der Waals surface area contributed by atoms with Crippen molar-refractivity contribution in [3.8, 4) is 5.75 Å². The summed E-state index contributed by atoms with van der Waals surface area (Å²) < 4.78 is 64.2. The van der Waals surface area contributed by atoms with Crippen molar-refractivity contribution in [2.75, 3.05) is 19.8 Å². The van der Waals surface area contributed by atoms with Crippen molar-refractivity contribution in [2.45, 2.75) is 90.3 Å². The topological polar surface area (TPSA) is 66.0 Å². The van der Waals surface area contributed by atoms with Crippen LogP contribution >= 0.6 is 11.3 Å². The number of alkyl halides is 3. The SMILES string of the molecule is Cc1csc(CCCOc2ccc(CCC3(NC(=O)OC(C)(C)C)COC(C)(C)OC3)cc2C(F)(F)F)c1. The molecule has 1 N–H and O–H groups in total. The Morgan fingerprint density at radius 1 is 1.11 bits per heavy atom. The number of ether oxygens (including phenoxy) is 4. The van der Waals surface area contributed by atoms with E-state index in [-0.39, 0.29) is 32.0 Å². The van der Waals surface area contributed by atoms with E-state index in [0.29, 0.717) is 18.4 Å². The summed E-state index contributed by atoms with van der Waals surface area (Å²) in [6.45, 7) is 11.3. The zero-order valence-electron chi connectivity index (χ0n) is 22.9. The molecule has 1 aliphatic rings. The summed E-state index contributed by atoms with van der Waals surface area (Å²) in [4.78, 5) is 13.7. The number of benzene rings is 1. The highest BCUT2D eigenvalue weighted by atomic mass is 32.1.